The maximum atomic E-state index is 11.2. The molecule has 112 valence electrons. The van der Waals surface area contributed by atoms with Crippen molar-refractivity contribution < 1.29 is 14.6 Å². The third kappa shape index (κ3) is 3.14. The fourth-order valence-electron chi connectivity index (χ4n) is 2.43. The molecule has 0 aliphatic rings. The van der Waals surface area contributed by atoms with Crippen LogP contribution in [0.2, 0.25) is 0 Å². The van der Waals surface area contributed by atoms with Crippen molar-refractivity contribution in [1.29, 1.82) is 0 Å². The van der Waals surface area contributed by atoms with E-state index in [2.05, 4.69) is 0 Å². The van der Waals surface area contributed by atoms with Crippen LogP contribution in [0.25, 0.3) is 0 Å². The Bertz CT molecular complexity index is 586. The minimum atomic E-state index is -1.19. The van der Waals surface area contributed by atoms with Crippen molar-refractivity contribution in [3.05, 3.63) is 59.7 Å². The molecule has 0 radical (unpaired) electrons. The molecule has 0 aliphatic carbocycles. The van der Waals surface area contributed by atoms with E-state index < -0.39 is 5.60 Å². The Balaban J connectivity index is 2.57. The highest BCUT2D eigenvalue weighted by Crippen LogP contribution is 2.40. The standard InChI is InChI=1S/C17H19ClO3/c1-20-14-8-9-15(16(12-14)21-2)17(19,10-11-18)13-6-4-3-5-7-13/h3-9,12,19H,10-11H2,1-2H3. The van der Waals surface area contributed by atoms with Gasteiger partial charge in [-0.2, -0.15) is 0 Å². The van der Waals surface area contributed by atoms with Gasteiger partial charge >= 0.3 is 0 Å². The van der Waals surface area contributed by atoms with Crippen molar-refractivity contribution >= 4 is 11.6 Å². The molecule has 1 unspecified atom stereocenters. The Morgan fingerprint density at radius 1 is 1.05 bits per heavy atom. The number of aliphatic hydroxyl groups is 1. The molecule has 0 bridgehead atoms. The zero-order valence-corrected chi connectivity index (χ0v) is 12.9. The lowest BCUT2D eigenvalue weighted by molar-refractivity contribution is 0.0745. The van der Waals surface area contributed by atoms with Gasteiger partial charge in [0.25, 0.3) is 0 Å². The molecule has 2 aromatic rings. The minimum absolute atomic E-state index is 0.334. The topological polar surface area (TPSA) is 38.7 Å². The van der Waals surface area contributed by atoms with Gasteiger partial charge in [-0.25, -0.2) is 0 Å². The van der Waals surface area contributed by atoms with Crippen molar-refractivity contribution in [3.63, 3.8) is 0 Å². The fraction of sp³-hybridized carbons (Fsp3) is 0.294. The summed E-state index contributed by atoms with van der Waals surface area (Å²) in [6, 6.07) is 14.9. The zero-order chi connectivity index (χ0) is 15.3. The number of rotatable bonds is 6. The fourth-order valence-corrected chi connectivity index (χ4v) is 2.70. The first kappa shape index (κ1) is 15.7. The van der Waals surface area contributed by atoms with Crippen LogP contribution in [0, 0.1) is 0 Å². The molecule has 1 atom stereocenters. The number of alkyl halides is 1. The summed E-state index contributed by atoms with van der Waals surface area (Å²) < 4.78 is 10.6. The molecule has 0 aliphatic heterocycles. The van der Waals surface area contributed by atoms with E-state index in [4.69, 9.17) is 21.1 Å². The molecule has 2 rings (SSSR count). The van der Waals surface area contributed by atoms with Crippen LogP contribution < -0.4 is 9.47 Å². The molecule has 2 aromatic carbocycles. The van der Waals surface area contributed by atoms with Crippen LogP contribution in [-0.4, -0.2) is 25.2 Å². The van der Waals surface area contributed by atoms with Crippen LogP contribution in [-0.2, 0) is 5.60 Å². The maximum absolute atomic E-state index is 11.2. The van der Waals surface area contributed by atoms with Gasteiger partial charge in [0, 0.05) is 17.5 Å². The van der Waals surface area contributed by atoms with Crippen LogP contribution in [0.15, 0.2) is 48.5 Å². The number of hydrogen-bond acceptors (Lipinski definition) is 3. The van der Waals surface area contributed by atoms with E-state index in [1.54, 1.807) is 26.4 Å². The van der Waals surface area contributed by atoms with Crippen molar-refractivity contribution in [2.45, 2.75) is 12.0 Å². The first-order chi connectivity index (χ1) is 10.2. The molecule has 0 heterocycles. The Labute approximate surface area is 130 Å². The smallest absolute Gasteiger partial charge is 0.128 e. The summed E-state index contributed by atoms with van der Waals surface area (Å²) >= 11 is 5.91. The molecular formula is C17H19ClO3. The van der Waals surface area contributed by atoms with E-state index in [1.807, 2.05) is 36.4 Å². The average molecular weight is 307 g/mol. The molecule has 0 saturated carbocycles. The van der Waals surface area contributed by atoms with E-state index in [-0.39, 0.29) is 0 Å². The largest absolute Gasteiger partial charge is 0.497 e. The van der Waals surface area contributed by atoms with Crippen LogP contribution in [0.4, 0.5) is 0 Å². The molecule has 0 saturated heterocycles. The Hall–Kier alpha value is -1.71. The van der Waals surface area contributed by atoms with Crippen molar-refractivity contribution in [1.82, 2.24) is 0 Å². The van der Waals surface area contributed by atoms with Gasteiger partial charge in [0.15, 0.2) is 0 Å². The van der Waals surface area contributed by atoms with E-state index in [0.29, 0.717) is 29.4 Å². The molecule has 4 heteroatoms. The lowest BCUT2D eigenvalue weighted by atomic mass is 9.83. The van der Waals surface area contributed by atoms with Gasteiger partial charge in [0.05, 0.1) is 14.2 Å². The van der Waals surface area contributed by atoms with E-state index in [9.17, 15) is 5.11 Å². The molecule has 21 heavy (non-hydrogen) atoms. The lowest BCUT2D eigenvalue weighted by Gasteiger charge is -2.30. The van der Waals surface area contributed by atoms with E-state index in [0.717, 1.165) is 5.56 Å². The maximum Gasteiger partial charge on any atom is 0.128 e. The van der Waals surface area contributed by atoms with Crippen LogP contribution in [0.3, 0.4) is 0 Å². The Morgan fingerprint density at radius 3 is 2.33 bits per heavy atom. The molecule has 0 spiro atoms. The Morgan fingerprint density at radius 2 is 1.76 bits per heavy atom. The van der Waals surface area contributed by atoms with E-state index >= 15 is 0 Å². The highest BCUT2D eigenvalue weighted by molar-refractivity contribution is 6.17. The second kappa shape index (κ2) is 6.83. The van der Waals surface area contributed by atoms with E-state index in [1.165, 1.54) is 0 Å². The van der Waals surface area contributed by atoms with Gasteiger partial charge in [0.2, 0.25) is 0 Å². The van der Waals surface area contributed by atoms with Gasteiger partial charge in [-0.3, -0.25) is 0 Å². The molecule has 0 fully saturated rings. The lowest BCUT2D eigenvalue weighted by Crippen LogP contribution is -2.28. The normalized spacial score (nSPS) is 13.5. The monoisotopic (exact) mass is 306 g/mol. The third-order valence-electron chi connectivity index (χ3n) is 3.56. The summed E-state index contributed by atoms with van der Waals surface area (Å²) in [6.07, 6.45) is 0.390. The third-order valence-corrected chi connectivity index (χ3v) is 3.75. The van der Waals surface area contributed by atoms with Gasteiger partial charge in [-0.15, -0.1) is 11.6 Å². The molecule has 3 nitrogen and oxygen atoms in total. The molecule has 1 N–H and O–H groups in total. The SMILES string of the molecule is COc1ccc(C(O)(CCCl)c2ccccc2)c(OC)c1. The quantitative estimate of drug-likeness (QED) is 0.829. The average Bonchev–Trinajstić information content (AvgIpc) is 2.55. The van der Waals surface area contributed by atoms with Crippen molar-refractivity contribution in [2.24, 2.45) is 0 Å². The van der Waals surface area contributed by atoms with Crippen molar-refractivity contribution in [3.8, 4) is 11.5 Å². The first-order valence-electron chi connectivity index (χ1n) is 6.72. The first-order valence-corrected chi connectivity index (χ1v) is 7.25. The zero-order valence-electron chi connectivity index (χ0n) is 12.2. The van der Waals surface area contributed by atoms with Gasteiger partial charge in [-0.05, 0) is 24.1 Å². The highest BCUT2D eigenvalue weighted by atomic mass is 35.5. The van der Waals surface area contributed by atoms with Crippen LogP contribution in [0.1, 0.15) is 17.5 Å². The second-order valence-corrected chi connectivity index (χ2v) is 5.11. The number of hydrogen-bond donors (Lipinski definition) is 1. The van der Waals surface area contributed by atoms with Gasteiger partial charge < -0.3 is 14.6 Å². The summed E-state index contributed by atoms with van der Waals surface area (Å²) in [5.41, 5.74) is 0.271. The molecule has 0 aromatic heterocycles. The minimum Gasteiger partial charge on any atom is -0.497 e. The van der Waals surface area contributed by atoms with Crippen LogP contribution >= 0.6 is 11.6 Å². The highest BCUT2D eigenvalue weighted by Gasteiger charge is 2.33. The summed E-state index contributed by atoms with van der Waals surface area (Å²) in [6.45, 7) is 0. The molecule has 0 amide bonds. The van der Waals surface area contributed by atoms with Gasteiger partial charge in [0.1, 0.15) is 17.1 Å². The van der Waals surface area contributed by atoms with Gasteiger partial charge in [-0.1, -0.05) is 30.3 Å². The Kier molecular flexibility index (Phi) is 5.10. The van der Waals surface area contributed by atoms with Crippen molar-refractivity contribution in [2.75, 3.05) is 20.1 Å². The molecular weight excluding hydrogens is 288 g/mol. The summed E-state index contributed by atoms with van der Waals surface area (Å²) in [5.74, 6) is 1.59. The van der Waals surface area contributed by atoms with Crippen LogP contribution in [0.5, 0.6) is 11.5 Å². The summed E-state index contributed by atoms with van der Waals surface area (Å²) in [4.78, 5) is 0. The predicted octanol–water partition coefficient (Wildman–Crippen LogP) is 3.57. The number of methoxy groups -OCH3 is 2. The second-order valence-electron chi connectivity index (χ2n) is 4.73. The summed E-state index contributed by atoms with van der Waals surface area (Å²) in [5, 5.41) is 11.2. The predicted molar refractivity (Wildman–Crippen MR) is 84.3 cm³/mol. The number of benzene rings is 2. The summed E-state index contributed by atoms with van der Waals surface area (Å²) in [7, 11) is 3.17. The number of ether oxygens (including phenoxy) is 2. The number of halogens is 1.